The molecule has 0 radical (unpaired) electrons. The predicted octanol–water partition coefficient (Wildman–Crippen LogP) is 1.41. The molecule has 0 saturated heterocycles. The number of nitrogens with one attached hydrogen (secondary N) is 1. The Kier molecular flexibility index (Phi) is 2.05. The summed E-state index contributed by atoms with van der Waals surface area (Å²) < 4.78 is 5.05. The topological polar surface area (TPSA) is 76.7 Å². The summed E-state index contributed by atoms with van der Waals surface area (Å²) in [5.74, 6) is 0.904. The summed E-state index contributed by atoms with van der Waals surface area (Å²) in [6.45, 7) is 1.93. The van der Waals surface area contributed by atoms with Crippen LogP contribution in [0.25, 0.3) is 11.6 Å². The SMILES string of the molecule is Cc1cnc(-c2noc(NC3CC3)n2)nc1. The van der Waals surface area contributed by atoms with Gasteiger partial charge < -0.3 is 9.84 Å². The maximum atomic E-state index is 5.05. The quantitative estimate of drug-likeness (QED) is 0.837. The molecule has 0 unspecified atom stereocenters. The molecule has 1 N–H and O–H groups in total. The summed E-state index contributed by atoms with van der Waals surface area (Å²) in [6.07, 6.45) is 5.79. The summed E-state index contributed by atoms with van der Waals surface area (Å²) in [6, 6.07) is 0.939. The number of hydrogen-bond donors (Lipinski definition) is 1. The Hall–Kier alpha value is -1.98. The first-order valence-electron chi connectivity index (χ1n) is 5.20. The van der Waals surface area contributed by atoms with E-state index in [1.165, 1.54) is 12.8 Å². The van der Waals surface area contributed by atoms with Crippen LogP contribution in [0, 0.1) is 6.92 Å². The van der Waals surface area contributed by atoms with Crippen molar-refractivity contribution < 1.29 is 4.52 Å². The first-order chi connectivity index (χ1) is 7.81. The molecular formula is C10H11N5O. The van der Waals surface area contributed by atoms with Crippen molar-refractivity contribution in [3.63, 3.8) is 0 Å². The Labute approximate surface area is 92.1 Å². The van der Waals surface area contributed by atoms with Gasteiger partial charge in [-0.25, -0.2) is 9.97 Å². The van der Waals surface area contributed by atoms with E-state index in [0.717, 1.165) is 5.56 Å². The molecule has 0 amide bonds. The molecule has 2 aromatic heterocycles. The molecule has 1 aliphatic carbocycles. The number of aromatic nitrogens is 4. The van der Waals surface area contributed by atoms with Crippen LogP contribution in [-0.2, 0) is 0 Å². The van der Waals surface area contributed by atoms with Gasteiger partial charge in [-0.3, -0.25) is 0 Å². The van der Waals surface area contributed by atoms with E-state index in [1.54, 1.807) is 12.4 Å². The van der Waals surface area contributed by atoms with Crippen molar-refractivity contribution in [2.24, 2.45) is 0 Å². The zero-order chi connectivity index (χ0) is 11.0. The van der Waals surface area contributed by atoms with Crippen molar-refractivity contribution in [1.29, 1.82) is 0 Å². The van der Waals surface area contributed by atoms with Crippen molar-refractivity contribution in [3.05, 3.63) is 18.0 Å². The van der Waals surface area contributed by atoms with Crippen molar-refractivity contribution in [2.75, 3.05) is 5.32 Å². The van der Waals surface area contributed by atoms with Crippen molar-refractivity contribution >= 4 is 6.01 Å². The van der Waals surface area contributed by atoms with E-state index in [4.69, 9.17) is 4.52 Å². The van der Waals surface area contributed by atoms with Crippen LogP contribution >= 0.6 is 0 Å². The van der Waals surface area contributed by atoms with Crippen LogP contribution in [0.1, 0.15) is 18.4 Å². The van der Waals surface area contributed by atoms with Gasteiger partial charge in [-0.1, -0.05) is 5.16 Å². The third-order valence-electron chi connectivity index (χ3n) is 2.31. The molecule has 3 rings (SSSR count). The van der Waals surface area contributed by atoms with E-state index in [1.807, 2.05) is 6.92 Å². The summed E-state index contributed by atoms with van der Waals surface area (Å²) in [7, 11) is 0. The summed E-state index contributed by atoms with van der Waals surface area (Å²) in [4.78, 5) is 12.4. The van der Waals surface area contributed by atoms with Crippen molar-refractivity contribution in [1.82, 2.24) is 20.1 Å². The van der Waals surface area contributed by atoms with Crippen LogP contribution in [-0.4, -0.2) is 26.2 Å². The molecule has 6 heteroatoms. The first-order valence-corrected chi connectivity index (χ1v) is 5.20. The predicted molar refractivity (Wildman–Crippen MR) is 56.7 cm³/mol. The number of rotatable bonds is 3. The number of nitrogens with zero attached hydrogens (tertiary/aromatic N) is 4. The van der Waals surface area contributed by atoms with Gasteiger partial charge in [0.1, 0.15) is 0 Å². The normalized spacial score (nSPS) is 15.1. The van der Waals surface area contributed by atoms with Gasteiger partial charge in [0.15, 0.2) is 0 Å². The third-order valence-corrected chi connectivity index (χ3v) is 2.31. The molecule has 0 aliphatic heterocycles. The smallest absolute Gasteiger partial charge is 0.322 e. The lowest BCUT2D eigenvalue weighted by Gasteiger charge is -1.93. The molecule has 2 heterocycles. The van der Waals surface area contributed by atoms with Crippen molar-refractivity contribution in [3.8, 4) is 11.6 Å². The molecule has 0 aromatic carbocycles. The minimum absolute atomic E-state index is 0.420. The molecule has 0 bridgehead atoms. The van der Waals surface area contributed by atoms with Crippen LogP contribution in [0.4, 0.5) is 6.01 Å². The lowest BCUT2D eigenvalue weighted by atomic mass is 10.4. The van der Waals surface area contributed by atoms with E-state index < -0.39 is 0 Å². The monoisotopic (exact) mass is 217 g/mol. The molecule has 82 valence electrons. The van der Waals surface area contributed by atoms with E-state index in [0.29, 0.717) is 23.7 Å². The van der Waals surface area contributed by atoms with Gasteiger partial charge in [0.05, 0.1) is 0 Å². The van der Waals surface area contributed by atoms with Gasteiger partial charge in [-0.2, -0.15) is 4.98 Å². The molecule has 0 atom stereocenters. The second-order valence-corrected chi connectivity index (χ2v) is 3.93. The average molecular weight is 217 g/mol. The second kappa shape index (κ2) is 3.55. The Morgan fingerprint density at radius 1 is 1.25 bits per heavy atom. The molecule has 2 aromatic rings. The second-order valence-electron chi connectivity index (χ2n) is 3.93. The van der Waals surface area contributed by atoms with Gasteiger partial charge >= 0.3 is 6.01 Å². The highest BCUT2D eigenvalue weighted by Crippen LogP contribution is 2.24. The summed E-state index contributed by atoms with van der Waals surface area (Å²) >= 11 is 0. The molecule has 1 saturated carbocycles. The molecule has 16 heavy (non-hydrogen) atoms. The highest BCUT2D eigenvalue weighted by atomic mass is 16.5. The highest BCUT2D eigenvalue weighted by molar-refractivity contribution is 5.44. The number of anilines is 1. The van der Waals surface area contributed by atoms with Gasteiger partial charge in [0, 0.05) is 18.4 Å². The minimum atomic E-state index is 0.420. The van der Waals surface area contributed by atoms with Crippen LogP contribution in [0.5, 0.6) is 0 Å². The molecule has 1 fully saturated rings. The number of aryl methyl sites for hydroxylation is 1. The van der Waals surface area contributed by atoms with Crippen LogP contribution < -0.4 is 5.32 Å². The summed E-state index contributed by atoms with van der Waals surface area (Å²) in [5.41, 5.74) is 1.00. The van der Waals surface area contributed by atoms with Crippen molar-refractivity contribution in [2.45, 2.75) is 25.8 Å². The highest BCUT2D eigenvalue weighted by Gasteiger charge is 2.23. The zero-order valence-electron chi connectivity index (χ0n) is 8.84. The fourth-order valence-electron chi connectivity index (χ4n) is 1.28. The Bertz CT molecular complexity index is 488. The minimum Gasteiger partial charge on any atom is -0.335 e. The van der Waals surface area contributed by atoms with Crippen LogP contribution in [0.2, 0.25) is 0 Å². The fraction of sp³-hybridized carbons (Fsp3) is 0.400. The van der Waals surface area contributed by atoms with Crippen LogP contribution in [0.15, 0.2) is 16.9 Å². The first kappa shape index (κ1) is 9.26. The van der Waals surface area contributed by atoms with Gasteiger partial charge in [0.2, 0.25) is 11.6 Å². The molecule has 1 aliphatic rings. The molecule has 0 spiro atoms. The largest absolute Gasteiger partial charge is 0.335 e. The Balaban J connectivity index is 1.82. The van der Waals surface area contributed by atoms with Gasteiger partial charge in [-0.05, 0) is 25.3 Å². The van der Waals surface area contributed by atoms with Crippen LogP contribution in [0.3, 0.4) is 0 Å². The summed E-state index contributed by atoms with van der Waals surface area (Å²) in [5, 5.41) is 6.94. The maximum Gasteiger partial charge on any atom is 0.322 e. The van der Waals surface area contributed by atoms with Gasteiger partial charge in [-0.15, -0.1) is 0 Å². The Morgan fingerprint density at radius 3 is 2.69 bits per heavy atom. The average Bonchev–Trinajstić information content (AvgIpc) is 2.97. The van der Waals surface area contributed by atoms with E-state index in [2.05, 4.69) is 25.4 Å². The lowest BCUT2D eigenvalue weighted by molar-refractivity contribution is 0.431. The van der Waals surface area contributed by atoms with E-state index in [9.17, 15) is 0 Å². The van der Waals surface area contributed by atoms with E-state index in [-0.39, 0.29) is 0 Å². The maximum absolute atomic E-state index is 5.05. The lowest BCUT2D eigenvalue weighted by Crippen LogP contribution is -2.00. The zero-order valence-corrected chi connectivity index (χ0v) is 8.84. The van der Waals surface area contributed by atoms with E-state index >= 15 is 0 Å². The Morgan fingerprint density at radius 2 is 2.00 bits per heavy atom. The molecular weight excluding hydrogens is 206 g/mol. The third kappa shape index (κ3) is 1.86. The standard InChI is InChI=1S/C10H11N5O/c1-6-4-11-8(12-5-6)9-14-10(16-15-9)13-7-2-3-7/h4-5,7H,2-3H2,1H3,(H,13,14,15). The molecule has 6 nitrogen and oxygen atoms in total. The fourth-order valence-corrected chi connectivity index (χ4v) is 1.28. The number of hydrogen-bond acceptors (Lipinski definition) is 6. The van der Waals surface area contributed by atoms with Gasteiger partial charge in [0.25, 0.3) is 0 Å².